The molecule has 2 aliphatic rings. The van der Waals surface area contributed by atoms with Gasteiger partial charge in [0.05, 0.1) is 5.69 Å². The molecule has 1 aromatic rings. The van der Waals surface area contributed by atoms with Crippen molar-refractivity contribution in [2.24, 2.45) is 17.8 Å². The van der Waals surface area contributed by atoms with E-state index in [2.05, 4.69) is 22.2 Å². The lowest BCUT2D eigenvalue weighted by atomic mass is 9.93. The van der Waals surface area contributed by atoms with Gasteiger partial charge in [0.15, 0.2) is 0 Å². The Kier molecular flexibility index (Phi) is 3.56. The van der Waals surface area contributed by atoms with Crippen LogP contribution in [-0.4, -0.2) is 22.0 Å². The van der Waals surface area contributed by atoms with Crippen molar-refractivity contribution >= 4 is 15.7 Å². The Labute approximate surface area is 120 Å². The molecule has 108 valence electrons. The predicted octanol–water partition coefficient (Wildman–Crippen LogP) is 2.22. The van der Waals surface area contributed by atoms with Gasteiger partial charge in [0, 0.05) is 6.54 Å². The first kappa shape index (κ1) is 13.6. The average molecular weight is 292 g/mol. The minimum atomic E-state index is -3.41. The Bertz CT molecular complexity index is 625. The van der Waals surface area contributed by atoms with Crippen LogP contribution in [0, 0.1) is 17.8 Å². The standard InChI is InChI=1S/C15H20N2O2S/c1-16-20(18,19)15-5-3-2-4-14(15)17-10-13-9-11-6-7-12(13)8-11/h2-7,11-13,16-17H,8-10H2,1H3. The fourth-order valence-corrected chi connectivity index (χ4v) is 4.23. The van der Waals surface area contributed by atoms with E-state index in [1.165, 1.54) is 19.9 Å². The fourth-order valence-electron chi connectivity index (χ4n) is 3.33. The SMILES string of the molecule is CNS(=O)(=O)c1ccccc1NCC1CC2C=CC1C2. The van der Waals surface area contributed by atoms with Crippen LogP contribution in [0.3, 0.4) is 0 Å². The van der Waals surface area contributed by atoms with E-state index in [0.29, 0.717) is 22.4 Å². The van der Waals surface area contributed by atoms with Crippen molar-refractivity contribution in [1.29, 1.82) is 0 Å². The Hall–Kier alpha value is -1.33. The van der Waals surface area contributed by atoms with Crippen LogP contribution < -0.4 is 10.0 Å². The maximum atomic E-state index is 12.0. The number of nitrogens with one attached hydrogen (secondary N) is 2. The third kappa shape index (κ3) is 2.47. The lowest BCUT2D eigenvalue weighted by Gasteiger charge is -2.20. The van der Waals surface area contributed by atoms with Gasteiger partial charge in [0.1, 0.15) is 4.90 Å². The highest BCUT2D eigenvalue weighted by molar-refractivity contribution is 7.89. The topological polar surface area (TPSA) is 58.2 Å². The molecule has 0 radical (unpaired) electrons. The first-order valence-electron chi connectivity index (χ1n) is 7.05. The highest BCUT2D eigenvalue weighted by atomic mass is 32.2. The molecule has 2 N–H and O–H groups in total. The molecular formula is C15H20N2O2S. The van der Waals surface area contributed by atoms with Gasteiger partial charge in [0.2, 0.25) is 10.0 Å². The zero-order valence-corrected chi connectivity index (χ0v) is 12.4. The lowest BCUT2D eigenvalue weighted by molar-refractivity contribution is 0.471. The first-order chi connectivity index (χ1) is 9.60. The maximum absolute atomic E-state index is 12.0. The molecule has 5 heteroatoms. The number of benzene rings is 1. The average Bonchev–Trinajstić information content (AvgIpc) is 3.08. The molecule has 0 spiro atoms. The minimum absolute atomic E-state index is 0.321. The smallest absolute Gasteiger partial charge is 0.242 e. The van der Waals surface area contributed by atoms with E-state index in [9.17, 15) is 8.42 Å². The number of anilines is 1. The van der Waals surface area contributed by atoms with Gasteiger partial charge in [-0.1, -0.05) is 24.3 Å². The largest absolute Gasteiger partial charge is 0.384 e. The third-order valence-electron chi connectivity index (χ3n) is 4.42. The second-order valence-electron chi connectivity index (χ2n) is 5.62. The van der Waals surface area contributed by atoms with E-state index >= 15 is 0 Å². The van der Waals surface area contributed by atoms with Gasteiger partial charge in [0.25, 0.3) is 0 Å². The summed E-state index contributed by atoms with van der Waals surface area (Å²) in [5.74, 6) is 2.03. The number of fused-ring (bicyclic) bond motifs is 2. The highest BCUT2D eigenvalue weighted by Gasteiger charge is 2.35. The van der Waals surface area contributed by atoms with Crippen molar-refractivity contribution in [3.63, 3.8) is 0 Å². The van der Waals surface area contributed by atoms with Crippen LogP contribution >= 0.6 is 0 Å². The van der Waals surface area contributed by atoms with Crippen molar-refractivity contribution in [3.05, 3.63) is 36.4 Å². The number of allylic oxidation sites excluding steroid dienone is 2. The van der Waals surface area contributed by atoms with E-state index < -0.39 is 10.0 Å². The van der Waals surface area contributed by atoms with Crippen LogP contribution in [0.4, 0.5) is 5.69 Å². The number of hydrogen-bond donors (Lipinski definition) is 2. The third-order valence-corrected chi connectivity index (χ3v) is 5.89. The number of sulfonamides is 1. The molecule has 3 atom stereocenters. The molecule has 20 heavy (non-hydrogen) atoms. The van der Waals surface area contributed by atoms with E-state index in [-0.39, 0.29) is 0 Å². The zero-order valence-electron chi connectivity index (χ0n) is 11.5. The van der Waals surface area contributed by atoms with E-state index in [4.69, 9.17) is 0 Å². The summed E-state index contributed by atoms with van der Waals surface area (Å²) in [6.07, 6.45) is 7.12. The molecule has 0 amide bonds. The first-order valence-corrected chi connectivity index (χ1v) is 8.53. The predicted molar refractivity (Wildman–Crippen MR) is 80.0 cm³/mol. The molecule has 4 nitrogen and oxygen atoms in total. The molecule has 1 fully saturated rings. The van der Waals surface area contributed by atoms with Crippen LogP contribution in [0.1, 0.15) is 12.8 Å². The van der Waals surface area contributed by atoms with Gasteiger partial charge < -0.3 is 5.32 Å². The Balaban J connectivity index is 1.73. The Morgan fingerprint density at radius 2 is 2.00 bits per heavy atom. The molecule has 3 rings (SSSR count). The van der Waals surface area contributed by atoms with Crippen LogP contribution in [0.2, 0.25) is 0 Å². The summed E-state index contributed by atoms with van der Waals surface area (Å²) in [7, 11) is -1.97. The molecule has 2 bridgehead atoms. The molecule has 0 heterocycles. The van der Waals surface area contributed by atoms with Crippen molar-refractivity contribution in [2.45, 2.75) is 17.7 Å². The monoisotopic (exact) mass is 292 g/mol. The summed E-state index contributed by atoms with van der Waals surface area (Å²) >= 11 is 0. The minimum Gasteiger partial charge on any atom is -0.384 e. The molecule has 1 saturated carbocycles. The highest BCUT2D eigenvalue weighted by Crippen LogP contribution is 2.43. The van der Waals surface area contributed by atoms with Gasteiger partial charge in [-0.25, -0.2) is 13.1 Å². The molecule has 3 unspecified atom stereocenters. The Morgan fingerprint density at radius 1 is 1.20 bits per heavy atom. The quantitative estimate of drug-likeness (QED) is 0.818. The summed E-state index contributed by atoms with van der Waals surface area (Å²) < 4.78 is 26.3. The molecule has 0 aliphatic heterocycles. The maximum Gasteiger partial charge on any atom is 0.242 e. The van der Waals surface area contributed by atoms with Gasteiger partial charge in [-0.05, 0) is 49.8 Å². The second kappa shape index (κ2) is 5.22. The summed E-state index contributed by atoms with van der Waals surface area (Å²) in [4.78, 5) is 0.321. The van der Waals surface area contributed by atoms with Crippen molar-refractivity contribution < 1.29 is 8.42 Å². The van der Waals surface area contributed by atoms with E-state index in [0.717, 1.165) is 12.5 Å². The molecular weight excluding hydrogens is 272 g/mol. The summed E-state index contributed by atoms with van der Waals surface area (Å²) in [5, 5.41) is 3.33. The lowest BCUT2D eigenvalue weighted by Crippen LogP contribution is -2.22. The van der Waals surface area contributed by atoms with Gasteiger partial charge in [-0.2, -0.15) is 0 Å². The van der Waals surface area contributed by atoms with Crippen LogP contribution in [0.25, 0.3) is 0 Å². The molecule has 1 aromatic carbocycles. The molecule has 0 saturated heterocycles. The van der Waals surface area contributed by atoms with E-state index in [1.54, 1.807) is 12.1 Å². The fraction of sp³-hybridized carbons (Fsp3) is 0.467. The normalized spacial score (nSPS) is 27.9. The number of para-hydroxylation sites is 1. The number of hydrogen-bond acceptors (Lipinski definition) is 3. The van der Waals surface area contributed by atoms with Crippen molar-refractivity contribution in [2.75, 3.05) is 18.9 Å². The van der Waals surface area contributed by atoms with E-state index in [1.807, 2.05) is 12.1 Å². The summed E-state index contributed by atoms with van der Waals surface area (Å²) in [6.45, 7) is 0.835. The van der Waals surface area contributed by atoms with Crippen molar-refractivity contribution in [1.82, 2.24) is 4.72 Å². The number of rotatable bonds is 5. The van der Waals surface area contributed by atoms with Crippen LogP contribution in [-0.2, 0) is 10.0 Å². The van der Waals surface area contributed by atoms with Crippen LogP contribution in [0.5, 0.6) is 0 Å². The molecule has 0 aromatic heterocycles. The zero-order chi connectivity index (χ0) is 14.2. The van der Waals surface area contributed by atoms with Gasteiger partial charge in [-0.15, -0.1) is 0 Å². The second-order valence-corrected chi connectivity index (χ2v) is 7.48. The molecule has 2 aliphatic carbocycles. The van der Waals surface area contributed by atoms with Crippen LogP contribution in [0.15, 0.2) is 41.3 Å². The van der Waals surface area contributed by atoms with Gasteiger partial charge >= 0.3 is 0 Å². The van der Waals surface area contributed by atoms with Gasteiger partial charge in [-0.3, -0.25) is 0 Å². The Morgan fingerprint density at radius 3 is 2.65 bits per heavy atom. The summed E-state index contributed by atoms with van der Waals surface area (Å²) in [5.41, 5.74) is 0.689. The van der Waals surface area contributed by atoms with Crippen molar-refractivity contribution in [3.8, 4) is 0 Å². The summed E-state index contributed by atoms with van der Waals surface area (Å²) in [6, 6.07) is 7.07.